The number of hydrogen-bond donors (Lipinski definition) is 3. The summed E-state index contributed by atoms with van der Waals surface area (Å²) < 4.78 is 0. The minimum Gasteiger partial charge on any atom is -0.480 e. The number of carboxylic acid groups (broad SMARTS) is 1. The molecule has 2 aliphatic heterocycles. The number of nitrogens with one attached hydrogen (secondary N) is 2. The number of carbonyl (C=O) groups is 4. The van der Waals surface area contributed by atoms with Crippen LogP contribution in [0.2, 0.25) is 5.02 Å². The zero-order chi connectivity index (χ0) is 29.7. The zero-order valence-corrected chi connectivity index (χ0v) is 23.8. The van der Waals surface area contributed by atoms with Gasteiger partial charge in [-0.2, -0.15) is 0 Å². The maximum Gasteiger partial charge on any atom is 0.332 e. The Labute approximate surface area is 247 Å². The Hall–Kier alpha value is -4.63. The molecule has 0 bridgehead atoms. The number of nitrogens with zero attached hydrogens (tertiary/aromatic N) is 2. The van der Waals surface area contributed by atoms with Gasteiger partial charge in [0.2, 0.25) is 0 Å². The van der Waals surface area contributed by atoms with Crippen molar-refractivity contribution in [1.82, 2.24) is 15.2 Å². The molecule has 1 fully saturated rings. The van der Waals surface area contributed by atoms with Crippen molar-refractivity contribution in [3.63, 3.8) is 0 Å². The Morgan fingerprint density at radius 3 is 2.52 bits per heavy atom. The van der Waals surface area contributed by atoms with E-state index in [1.807, 2.05) is 44.2 Å². The molecule has 4 amide bonds. The van der Waals surface area contributed by atoms with E-state index in [4.69, 9.17) is 11.6 Å². The van der Waals surface area contributed by atoms with Gasteiger partial charge in [-0.15, -0.1) is 0 Å². The van der Waals surface area contributed by atoms with Crippen molar-refractivity contribution in [2.24, 2.45) is 5.92 Å². The summed E-state index contributed by atoms with van der Waals surface area (Å²) in [7, 11) is 0. The Morgan fingerprint density at radius 1 is 1.05 bits per heavy atom. The van der Waals surface area contributed by atoms with Crippen molar-refractivity contribution in [3.05, 3.63) is 100 Å². The van der Waals surface area contributed by atoms with Gasteiger partial charge in [0.05, 0.1) is 11.3 Å². The van der Waals surface area contributed by atoms with Gasteiger partial charge in [-0.3, -0.25) is 14.5 Å². The largest absolute Gasteiger partial charge is 0.480 e. The molecule has 0 saturated carbocycles. The molecule has 42 heavy (non-hydrogen) atoms. The molecule has 6 rings (SSSR count). The number of imide groups is 1. The monoisotopic (exact) mass is 584 g/mol. The van der Waals surface area contributed by atoms with Gasteiger partial charge in [-0.1, -0.05) is 67.9 Å². The second kappa shape index (κ2) is 10.6. The number of aromatic nitrogens is 1. The highest BCUT2D eigenvalue weighted by atomic mass is 35.5. The lowest BCUT2D eigenvalue weighted by Crippen LogP contribution is -2.44. The molecule has 2 aliphatic rings. The van der Waals surface area contributed by atoms with Crippen LogP contribution in [0.5, 0.6) is 0 Å². The fourth-order valence-corrected chi connectivity index (χ4v) is 6.31. The molecule has 9 nitrogen and oxygen atoms in total. The number of urea groups is 1. The topological polar surface area (TPSA) is 123 Å². The van der Waals surface area contributed by atoms with Crippen LogP contribution in [0.1, 0.15) is 53.5 Å². The molecule has 1 saturated heterocycles. The Kier molecular flexibility index (Phi) is 6.98. The molecule has 0 unspecified atom stereocenters. The van der Waals surface area contributed by atoms with Crippen LogP contribution in [0.25, 0.3) is 10.9 Å². The number of fused-ring (bicyclic) bond motifs is 4. The van der Waals surface area contributed by atoms with Crippen molar-refractivity contribution in [1.29, 1.82) is 0 Å². The number of hydrogen-bond acceptors (Lipinski definition) is 4. The molecule has 3 heterocycles. The van der Waals surface area contributed by atoms with E-state index < -0.39 is 41.9 Å². The number of para-hydroxylation sites is 2. The highest BCUT2D eigenvalue weighted by molar-refractivity contribution is 6.30. The van der Waals surface area contributed by atoms with E-state index in [1.54, 1.807) is 35.2 Å². The van der Waals surface area contributed by atoms with Crippen LogP contribution >= 0.6 is 11.6 Å². The smallest absolute Gasteiger partial charge is 0.332 e. The van der Waals surface area contributed by atoms with Gasteiger partial charge in [0, 0.05) is 28.0 Å². The first-order valence-electron chi connectivity index (χ1n) is 13.8. The summed E-state index contributed by atoms with van der Waals surface area (Å²) in [6, 6.07) is 18.1. The fraction of sp³-hybridized carbons (Fsp3) is 0.250. The molecule has 214 valence electrons. The third-order valence-corrected chi connectivity index (χ3v) is 8.15. The number of amides is 4. The van der Waals surface area contributed by atoms with Gasteiger partial charge in [-0.25, -0.2) is 14.5 Å². The highest BCUT2D eigenvalue weighted by Crippen LogP contribution is 2.45. The minimum absolute atomic E-state index is 0.0240. The highest BCUT2D eigenvalue weighted by Gasteiger charge is 2.53. The van der Waals surface area contributed by atoms with Crippen molar-refractivity contribution in [2.75, 3.05) is 4.90 Å². The number of halogens is 1. The number of H-pyrrole nitrogens is 1. The third kappa shape index (κ3) is 4.59. The van der Waals surface area contributed by atoms with Gasteiger partial charge in [0.25, 0.3) is 11.8 Å². The number of aromatic amines is 1. The van der Waals surface area contributed by atoms with Gasteiger partial charge < -0.3 is 15.4 Å². The maximum atomic E-state index is 14.3. The van der Waals surface area contributed by atoms with Gasteiger partial charge >= 0.3 is 12.0 Å². The first-order chi connectivity index (χ1) is 20.2. The Bertz CT molecular complexity index is 1750. The van der Waals surface area contributed by atoms with Crippen LogP contribution in [-0.4, -0.2) is 50.9 Å². The average Bonchev–Trinajstić information content (AvgIpc) is 3.45. The molecule has 3 aromatic carbocycles. The lowest BCUT2D eigenvalue weighted by molar-refractivity contribution is -0.139. The molecule has 0 aliphatic carbocycles. The van der Waals surface area contributed by atoms with Crippen LogP contribution in [0, 0.1) is 5.92 Å². The molecule has 10 heteroatoms. The summed E-state index contributed by atoms with van der Waals surface area (Å²) >= 11 is 6.38. The Morgan fingerprint density at radius 2 is 1.79 bits per heavy atom. The third-order valence-electron chi connectivity index (χ3n) is 7.91. The fourth-order valence-electron chi connectivity index (χ4n) is 6.11. The second-order valence-corrected chi connectivity index (χ2v) is 11.6. The van der Waals surface area contributed by atoms with Crippen LogP contribution in [0.15, 0.2) is 72.8 Å². The lowest BCUT2D eigenvalue weighted by atomic mass is 9.89. The summed E-state index contributed by atoms with van der Waals surface area (Å²) in [5.41, 5.74) is 3.55. The summed E-state index contributed by atoms with van der Waals surface area (Å²) in [5.74, 6) is -2.26. The number of benzene rings is 3. The predicted molar refractivity (Wildman–Crippen MR) is 159 cm³/mol. The maximum absolute atomic E-state index is 14.3. The number of carbonyl (C=O) groups excluding carboxylic acids is 3. The van der Waals surface area contributed by atoms with E-state index >= 15 is 0 Å². The molecular weight excluding hydrogens is 556 g/mol. The number of rotatable bonds is 7. The summed E-state index contributed by atoms with van der Waals surface area (Å²) in [4.78, 5) is 59.7. The SMILES string of the molecule is CC(C)C[C@H](NC(=O)c1ccccc1N1C(=O)[C@@H]2Cc3c([nH]c4ccccc34)[C@@H](c3cccc(Cl)c3)N2C1=O)C(=O)O. The van der Waals surface area contributed by atoms with Crippen molar-refractivity contribution >= 4 is 52.0 Å². The normalized spacial score (nSPS) is 18.8. The van der Waals surface area contributed by atoms with Crippen molar-refractivity contribution in [3.8, 4) is 0 Å². The van der Waals surface area contributed by atoms with Crippen LogP contribution in [0.3, 0.4) is 0 Å². The molecule has 4 aromatic rings. The van der Waals surface area contributed by atoms with E-state index in [1.165, 1.54) is 12.1 Å². The molecule has 0 radical (unpaired) electrons. The van der Waals surface area contributed by atoms with E-state index in [9.17, 15) is 24.3 Å². The van der Waals surface area contributed by atoms with E-state index in [2.05, 4.69) is 10.3 Å². The second-order valence-electron chi connectivity index (χ2n) is 11.1. The minimum atomic E-state index is -1.15. The van der Waals surface area contributed by atoms with E-state index in [0.29, 0.717) is 11.4 Å². The van der Waals surface area contributed by atoms with Crippen LogP contribution in [0.4, 0.5) is 10.5 Å². The molecule has 3 N–H and O–H groups in total. The van der Waals surface area contributed by atoms with Gasteiger partial charge in [0.15, 0.2) is 0 Å². The molecule has 0 spiro atoms. The standard InChI is InChI=1S/C32H29ClN4O5/c1-17(2)14-24(31(40)41)35-29(38)21-11-4-6-13-25(21)37-30(39)26-16-22-20-10-3-5-12-23(20)34-27(22)28(36(26)32(37)42)18-8-7-9-19(33)15-18/h3-13,15,17,24,26,28,34H,14,16H2,1-2H3,(H,35,38)(H,40,41)/t24-,26-,28+/m0/s1. The number of carboxylic acids is 1. The average molecular weight is 585 g/mol. The summed E-state index contributed by atoms with van der Waals surface area (Å²) in [6.45, 7) is 3.73. The van der Waals surface area contributed by atoms with Crippen LogP contribution in [-0.2, 0) is 16.0 Å². The zero-order valence-electron chi connectivity index (χ0n) is 23.0. The molecular formula is C32H29ClN4O5. The quantitative estimate of drug-likeness (QED) is 0.246. The van der Waals surface area contributed by atoms with E-state index in [-0.39, 0.29) is 23.6 Å². The predicted octanol–water partition coefficient (Wildman–Crippen LogP) is 5.53. The first kappa shape index (κ1) is 27.5. The van der Waals surface area contributed by atoms with Crippen molar-refractivity contribution in [2.45, 2.75) is 44.8 Å². The van der Waals surface area contributed by atoms with Gasteiger partial charge in [0.1, 0.15) is 18.1 Å². The van der Waals surface area contributed by atoms with Gasteiger partial charge in [-0.05, 0) is 53.8 Å². The first-order valence-corrected chi connectivity index (χ1v) is 14.2. The molecule has 3 atom stereocenters. The number of aliphatic carboxylic acids is 1. The summed E-state index contributed by atoms with van der Waals surface area (Å²) in [5, 5.41) is 13.7. The summed E-state index contributed by atoms with van der Waals surface area (Å²) in [6.07, 6.45) is 0.523. The lowest BCUT2D eigenvalue weighted by Gasteiger charge is -2.36. The number of anilines is 1. The molecule has 1 aromatic heterocycles. The van der Waals surface area contributed by atoms with Crippen molar-refractivity contribution < 1.29 is 24.3 Å². The van der Waals surface area contributed by atoms with E-state index in [0.717, 1.165) is 32.6 Å². The Balaban J connectivity index is 1.43. The van der Waals surface area contributed by atoms with Crippen LogP contribution < -0.4 is 10.2 Å².